The molecule has 0 atom stereocenters. The predicted molar refractivity (Wildman–Crippen MR) is 61.7 cm³/mol. The summed E-state index contributed by atoms with van der Waals surface area (Å²) in [4.78, 5) is 18.0. The number of hydrogen-bond acceptors (Lipinski definition) is 2. The number of aromatic nitrogens is 1. The van der Waals surface area contributed by atoms with Gasteiger partial charge in [0.05, 0.1) is 5.56 Å². The first-order chi connectivity index (χ1) is 7.22. The van der Waals surface area contributed by atoms with E-state index >= 15 is 0 Å². The molecule has 80 valence electrons. The van der Waals surface area contributed by atoms with Gasteiger partial charge < -0.3 is 4.90 Å². The standard InChI is InChI=1S/C11H13BrN2O/c1-2-14(10-3-4-10)11(15)8-5-9(12)7-13-6-8/h5-7,10H,2-4H2,1H3. The van der Waals surface area contributed by atoms with E-state index in [9.17, 15) is 4.79 Å². The molecule has 2 rings (SSSR count). The van der Waals surface area contributed by atoms with Crippen LogP contribution in [0.2, 0.25) is 0 Å². The highest BCUT2D eigenvalue weighted by Crippen LogP contribution is 2.28. The molecule has 15 heavy (non-hydrogen) atoms. The van der Waals surface area contributed by atoms with E-state index < -0.39 is 0 Å². The molecule has 1 heterocycles. The van der Waals surface area contributed by atoms with E-state index in [2.05, 4.69) is 20.9 Å². The fraction of sp³-hybridized carbons (Fsp3) is 0.455. The van der Waals surface area contributed by atoms with Crippen LogP contribution in [0.3, 0.4) is 0 Å². The second-order valence-electron chi connectivity index (χ2n) is 3.71. The summed E-state index contributed by atoms with van der Waals surface area (Å²) in [5.41, 5.74) is 0.665. The maximum atomic E-state index is 12.1. The minimum Gasteiger partial charge on any atom is -0.336 e. The van der Waals surface area contributed by atoms with Crippen molar-refractivity contribution < 1.29 is 4.79 Å². The Kier molecular flexibility index (Phi) is 3.05. The van der Waals surface area contributed by atoms with E-state index in [1.54, 1.807) is 12.4 Å². The van der Waals surface area contributed by atoms with E-state index in [4.69, 9.17) is 0 Å². The highest BCUT2D eigenvalue weighted by Gasteiger charge is 2.31. The molecule has 1 aromatic heterocycles. The largest absolute Gasteiger partial charge is 0.336 e. The van der Waals surface area contributed by atoms with Crippen molar-refractivity contribution in [3.63, 3.8) is 0 Å². The highest BCUT2D eigenvalue weighted by atomic mass is 79.9. The Labute approximate surface area is 97.6 Å². The number of hydrogen-bond donors (Lipinski definition) is 0. The smallest absolute Gasteiger partial charge is 0.255 e. The summed E-state index contributed by atoms with van der Waals surface area (Å²) >= 11 is 3.32. The van der Waals surface area contributed by atoms with Crippen molar-refractivity contribution in [2.24, 2.45) is 0 Å². The number of nitrogens with zero attached hydrogens (tertiary/aromatic N) is 2. The van der Waals surface area contributed by atoms with Gasteiger partial charge in [0.15, 0.2) is 0 Å². The summed E-state index contributed by atoms with van der Waals surface area (Å²) in [5, 5.41) is 0. The Morgan fingerprint density at radius 2 is 2.33 bits per heavy atom. The average molecular weight is 269 g/mol. The van der Waals surface area contributed by atoms with Crippen molar-refractivity contribution in [3.8, 4) is 0 Å². The van der Waals surface area contributed by atoms with Crippen molar-refractivity contribution in [2.45, 2.75) is 25.8 Å². The Bertz CT molecular complexity index is 377. The van der Waals surface area contributed by atoms with Crippen LogP contribution in [-0.2, 0) is 0 Å². The quantitative estimate of drug-likeness (QED) is 0.844. The van der Waals surface area contributed by atoms with E-state index in [1.165, 1.54) is 0 Å². The summed E-state index contributed by atoms with van der Waals surface area (Å²) in [5.74, 6) is 0.0915. The lowest BCUT2D eigenvalue weighted by Crippen LogP contribution is -2.32. The van der Waals surface area contributed by atoms with Crippen LogP contribution in [0.15, 0.2) is 22.9 Å². The third-order valence-corrected chi connectivity index (χ3v) is 2.97. The molecular formula is C11H13BrN2O. The van der Waals surface area contributed by atoms with E-state index in [0.717, 1.165) is 23.9 Å². The zero-order valence-corrected chi connectivity index (χ0v) is 10.2. The number of pyridine rings is 1. The Morgan fingerprint density at radius 1 is 1.60 bits per heavy atom. The normalized spacial score (nSPS) is 15.1. The molecule has 3 nitrogen and oxygen atoms in total. The number of halogens is 1. The maximum absolute atomic E-state index is 12.1. The van der Waals surface area contributed by atoms with Crippen LogP contribution in [0.5, 0.6) is 0 Å². The lowest BCUT2D eigenvalue weighted by atomic mass is 10.2. The van der Waals surface area contributed by atoms with Gasteiger partial charge >= 0.3 is 0 Å². The molecule has 1 aromatic rings. The van der Waals surface area contributed by atoms with Crippen LogP contribution in [0.25, 0.3) is 0 Å². The second-order valence-corrected chi connectivity index (χ2v) is 4.63. The van der Waals surface area contributed by atoms with Crippen LogP contribution in [0.4, 0.5) is 0 Å². The molecule has 1 amide bonds. The molecule has 0 aromatic carbocycles. The van der Waals surface area contributed by atoms with Crippen molar-refractivity contribution in [1.82, 2.24) is 9.88 Å². The first-order valence-electron chi connectivity index (χ1n) is 5.14. The first kappa shape index (κ1) is 10.6. The van der Waals surface area contributed by atoms with Gasteiger partial charge in [-0.25, -0.2) is 0 Å². The predicted octanol–water partition coefficient (Wildman–Crippen LogP) is 2.47. The molecule has 0 radical (unpaired) electrons. The number of rotatable bonds is 3. The van der Waals surface area contributed by atoms with E-state index in [1.807, 2.05) is 17.9 Å². The van der Waals surface area contributed by atoms with Crippen LogP contribution < -0.4 is 0 Å². The molecule has 0 aliphatic heterocycles. The van der Waals surface area contributed by atoms with Gasteiger partial charge in [0.1, 0.15) is 0 Å². The van der Waals surface area contributed by atoms with Crippen LogP contribution in [-0.4, -0.2) is 28.4 Å². The second kappa shape index (κ2) is 4.31. The van der Waals surface area contributed by atoms with Gasteiger partial charge in [-0.3, -0.25) is 9.78 Å². The first-order valence-corrected chi connectivity index (χ1v) is 5.93. The number of amides is 1. The van der Waals surface area contributed by atoms with Crippen molar-refractivity contribution in [3.05, 3.63) is 28.5 Å². The van der Waals surface area contributed by atoms with Gasteiger partial charge in [-0.2, -0.15) is 0 Å². The van der Waals surface area contributed by atoms with Gasteiger partial charge in [-0.1, -0.05) is 0 Å². The zero-order valence-electron chi connectivity index (χ0n) is 8.61. The summed E-state index contributed by atoms with van der Waals surface area (Å²) in [6.07, 6.45) is 5.59. The van der Waals surface area contributed by atoms with E-state index in [-0.39, 0.29) is 5.91 Å². The molecule has 1 aliphatic carbocycles. The van der Waals surface area contributed by atoms with Gasteiger partial charge in [-0.15, -0.1) is 0 Å². The molecule has 0 saturated heterocycles. The number of carbonyl (C=O) groups excluding carboxylic acids is 1. The summed E-state index contributed by atoms with van der Waals surface area (Å²) in [7, 11) is 0. The molecule has 0 spiro atoms. The fourth-order valence-corrected chi connectivity index (χ4v) is 2.01. The van der Waals surface area contributed by atoms with Crippen molar-refractivity contribution >= 4 is 21.8 Å². The van der Waals surface area contributed by atoms with E-state index in [0.29, 0.717) is 11.6 Å². The van der Waals surface area contributed by atoms with Gasteiger partial charge in [0.2, 0.25) is 0 Å². The number of carbonyl (C=O) groups is 1. The molecule has 0 bridgehead atoms. The molecule has 1 fully saturated rings. The third kappa shape index (κ3) is 2.37. The fourth-order valence-electron chi connectivity index (χ4n) is 1.65. The monoisotopic (exact) mass is 268 g/mol. The Morgan fingerprint density at radius 3 is 2.87 bits per heavy atom. The highest BCUT2D eigenvalue weighted by molar-refractivity contribution is 9.10. The average Bonchev–Trinajstić information content (AvgIpc) is 3.03. The molecule has 0 N–H and O–H groups in total. The van der Waals surface area contributed by atoms with Crippen LogP contribution >= 0.6 is 15.9 Å². The topological polar surface area (TPSA) is 33.2 Å². The van der Waals surface area contributed by atoms with Gasteiger partial charge in [0.25, 0.3) is 5.91 Å². The summed E-state index contributed by atoms with van der Waals surface area (Å²) < 4.78 is 0.847. The van der Waals surface area contributed by atoms with Gasteiger partial charge in [-0.05, 0) is 41.8 Å². The lowest BCUT2D eigenvalue weighted by molar-refractivity contribution is 0.0752. The lowest BCUT2D eigenvalue weighted by Gasteiger charge is -2.20. The summed E-state index contributed by atoms with van der Waals surface area (Å²) in [6, 6.07) is 2.28. The molecule has 4 heteroatoms. The van der Waals surface area contributed by atoms with Crippen LogP contribution in [0, 0.1) is 0 Å². The third-order valence-electron chi connectivity index (χ3n) is 2.54. The van der Waals surface area contributed by atoms with Crippen molar-refractivity contribution in [1.29, 1.82) is 0 Å². The Balaban J connectivity index is 2.18. The zero-order chi connectivity index (χ0) is 10.8. The molecule has 1 saturated carbocycles. The molecule has 0 unspecified atom stereocenters. The maximum Gasteiger partial charge on any atom is 0.255 e. The van der Waals surface area contributed by atoms with Crippen molar-refractivity contribution in [2.75, 3.05) is 6.54 Å². The molecular weight excluding hydrogens is 256 g/mol. The van der Waals surface area contributed by atoms with Crippen LogP contribution in [0.1, 0.15) is 30.1 Å². The summed E-state index contributed by atoms with van der Waals surface area (Å²) in [6.45, 7) is 2.79. The Hall–Kier alpha value is -0.900. The minimum atomic E-state index is 0.0915. The SMILES string of the molecule is CCN(C(=O)c1cncc(Br)c1)C1CC1. The minimum absolute atomic E-state index is 0.0915. The molecule has 1 aliphatic rings. The van der Waals surface area contributed by atoms with Gasteiger partial charge in [0, 0.05) is 29.5 Å².